The van der Waals surface area contributed by atoms with E-state index in [0.717, 1.165) is 27.7 Å². The number of nitrogens with zero attached hydrogens (tertiary/aromatic N) is 1. The van der Waals surface area contributed by atoms with E-state index in [1.54, 1.807) is 0 Å². The minimum atomic E-state index is -0.0172. The molecule has 3 nitrogen and oxygen atoms in total. The third-order valence-corrected chi connectivity index (χ3v) is 4.92. The fourth-order valence-corrected chi connectivity index (χ4v) is 3.44. The van der Waals surface area contributed by atoms with Crippen LogP contribution in [-0.4, -0.2) is 10.9 Å². The van der Waals surface area contributed by atoms with Crippen LogP contribution in [0.1, 0.15) is 27.2 Å². The molecule has 1 heterocycles. The van der Waals surface area contributed by atoms with Crippen LogP contribution in [0.3, 0.4) is 0 Å². The van der Waals surface area contributed by atoms with Crippen molar-refractivity contribution in [3.8, 4) is 0 Å². The molecule has 0 spiro atoms. The number of H-pyrrole nitrogens is 1. The van der Waals surface area contributed by atoms with E-state index in [1.807, 2.05) is 78.6 Å². The number of nitrogens with one attached hydrogen (secondary N) is 1. The molecule has 0 unspecified atom stereocenters. The van der Waals surface area contributed by atoms with Gasteiger partial charge in [-0.2, -0.15) is 0 Å². The Bertz CT molecular complexity index is 1080. The second kappa shape index (κ2) is 7.12. The molecule has 0 atom stereocenters. The second-order valence-electron chi connectivity index (χ2n) is 6.89. The van der Waals surface area contributed by atoms with Gasteiger partial charge in [-0.15, -0.1) is 0 Å². The number of hydrogen-bond acceptors (Lipinski definition) is 1. The van der Waals surface area contributed by atoms with Crippen molar-refractivity contribution in [3.05, 3.63) is 101 Å². The van der Waals surface area contributed by atoms with Gasteiger partial charge in [0.15, 0.2) is 0 Å². The lowest BCUT2D eigenvalue weighted by atomic mass is 10.1. The minimum absolute atomic E-state index is 0.0172. The van der Waals surface area contributed by atoms with E-state index in [9.17, 15) is 4.79 Å². The van der Waals surface area contributed by atoms with Crippen molar-refractivity contribution < 1.29 is 4.79 Å². The summed E-state index contributed by atoms with van der Waals surface area (Å²) in [5.74, 6) is -0.0172. The number of aryl methyl sites for hydroxylation is 2. The maximum atomic E-state index is 13.5. The molecule has 0 aliphatic carbocycles. The Balaban J connectivity index is 1.78. The highest BCUT2D eigenvalue weighted by Crippen LogP contribution is 2.26. The van der Waals surface area contributed by atoms with Gasteiger partial charge in [0.1, 0.15) is 5.69 Å². The first-order valence-corrected chi connectivity index (χ1v) is 9.13. The van der Waals surface area contributed by atoms with E-state index in [-0.39, 0.29) is 5.91 Å². The molecule has 0 radical (unpaired) electrons. The molecular formula is C24H22N2O. The molecule has 0 fully saturated rings. The number of carbonyl (C=O) groups is 1. The summed E-state index contributed by atoms with van der Waals surface area (Å²) in [4.78, 5) is 18.7. The van der Waals surface area contributed by atoms with Gasteiger partial charge in [-0.25, -0.2) is 0 Å². The molecule has 0 aliphatic heterocycles. The number of amides is 1. The summed E-state index contributed by atoms with van der Waals surface area (Å²) in [5.41, 5.74) is 5.81. The number of para-hydroxylation sites is 1. The number of hydrogen-bond donors (Lipinski definition) is 1. The largest absolute Gasteiger partial charge is 0.350 e. The lowest BCUT2D eigenvalue weighted by Crippen LogP contribution is -2.31. The number of fused-ring (bicyclic) bond motifs is 1. The van der Waals surface area contributed by atoms with Gasteiger partial charge >= 0.3 is 0 Å². The van der Waals surface area contributed by atoms with Crippen LogP contribution < -0.4 is 4.90 Å². The number of aromatic amines is 1. The third-order valence-electron chi connectivity index (χ3n) is 4.92. The normalized spacial score (nSPS) is 10.9. The first kappa shape index (κ1) is 17.1. The van der Waals surface area contributed by atoms with Gasteiger partial charge in [-0.3, -0.25) is 4.79 Å². The van der Waals surface area contributed by atoms with E-state index in [0.29, 0.717) is 12.2 Å². The molecule has 134 valence electrons. The number of benzene rings is 3. The molecule has 3 heteroatoms. The number of carbonyl (C=O) groups excluding carboxylic acids is 1. The molecule has 1 aromatic heterocycles. The monoisotopic (exact) mass is 354 g/mol. The Morgan fingerprint density at radius 1 is 0.889 bits per heavy atom. The smallest absolute Gasteiger partial charge is 0.275 e. The van der Waals surface area contributed by atoms with Crippen LogP contribution in [0.5, 0.6) is 0 Å². The van der Waals surface area contributed by atoms with Crippen molar-refractivity contribution in [3.63, 3.8) is 0 Å². The van der Waals surface area contributed by atoms with E-state index < -0.39 is 0 Å². The average Bonchev–Trinajstić information content (AvgIpc) is 3.03. The summed E-state index contributed by atoms with van der Waals surface area (Å²) in [6.45, 7) is 4.60. The van der Waals surface area contributed by atoms with E-state index in [2.05, 4.69) is 24.0 Å². The zero-order valence-electron chi connectivity index (χ0n) is 15.6. The topological polar surface area (TPSA) is 36.1 Å². The molecule has 27 heavy (non-hydrogen) atoms. The summed E-state index contributed by atoms with van der Waals surface area (Å²) in [6.07, 6.45) is 0. The molecule has 4 rings (SSSR count). The zero-order valence-corrected chi connectivity index (χ0v) is 15.6. The predicted octanol–water partition coefficient (Wildman–Crippen LogP) is 5.63. The van der Waals surface area contributed by atoms with Gasteiger partial charge in [-0.05, 0) is 49.2 Å². The fraction of sp³-hybridized carbons (Fsp3) is 0.125. The SMILES string of the molecule is Cc1ccc2[nH]c(C(=O)N(Cc3ccccc3)c3ccccc3)c(C)c2c1. The van der Waals surface area contributed by atoms with Crippen LogP contribution >= 0.6 is 0 Å². The van der Waals surface area contributed by atoms with Gasteiger partial charge < -0.3 is 9.88 Å². The third kappa shape index (κ3) is 3.36. The van der Waals surface area contributed by atoms with Crippen LogP contribution in [0.15, 0.2) is 78.9 Å². The molecular weight excluding hydrogens is 332 g/mol. The van der Waals surface area contributed by atoms with Crippen molar-refractivity contribution in [1.82, 2.24) is 4.98 Å². The molecule has 0 bridgehead atoms. The summed E-state index contributed by atoms with van der Waals surface area (Å²) in [6, 6.07) is 26.1. The van der Waals surface area contributed by atoms with E-state index >= 15 is 0 Å². The Kier molecular flexibility index (Phi) is 4.51. The summed E-state index contributed by atoms with van der Waals surface area (Å²) in [5, 5.41) is 1.10. The van der Waals surface area contributed by atoms with Gasteiger partial charge in [0.2, 0.25) is 0 Å². The highest BCUT2D eigenvalue weighted by atomic mass is 16.2. The number of aromatic nitrogens is 1. The standard InChI is InChI=1S/C24H22N2O/c1-17-13-14-22-21(15-17)18(2)23(25-22)24(27)26(20-11-7-4-8-12-20)16-19-9-5-3-6-10-19/h3-15,25H,16H2,1-2H3. The second-order valence-corrected chi connectivity index (χ2v) is 6.89. The number of anilines is 1. The Hall–Kier alpha value is -3.33. The predicted molar refractivity (Wildman–Crippen MR) is 111 cm³/mol. The van der Waals surface area contributed by atoms with Gasteiger partial charge in [-0.1, -0.05) is 60.2 Å². The van der Waals surface area contributed by atoms with Crippen molar-refractivity contribution in [1.29, 1.82) is 0 Å². The highest BCUT2D eigenvalue weighted by Gasteiger charge is 2.22. The molecule has 1 amide bonds. The molecule has 0 aliphatic rings. The first-order chi connectivity index (χ1) is 13.1. The molecule has 0 saturated heterocycles. The Morgan fingerprint density at radius 3 is 2.26 bits per heavy atom. The molecule has 0 saturated carbocycles. The van der Waals surface area contributed by atoms with Crippen molar-refractivity contribution in [2.24, 2.45) is 0 Å². The average molecular weight is 354 g/mol. The molecule has 4 aromatic rings. The van der Waals surface area contributed by atoms with Gasteiger partial charge in [0.05, 0.1) is 6.54 Å². The Morgan fingerprint density at radius 2 is 1.56 bits per heavy atom. The van der Waals surface area contributed by atoms with Gasteiger partial charge in [0, 0.05) is 16.6 Å². The van der Waals surface area contributed by atoms with Crippen LogP contribution in [0.4, 0.5) is 5.69 Å². The van der Waals surface area contributed by atoms with Crippen molar-refractivity contribution in [2.75, 3.05) is 4.90 Å². The Labute approximate surface area is 159 Å². The molecule has 1 N–H and O–H groups in total. The maximum absolute atomic E-state index is 13.5. The summed E-state index contributed by atoms with van der Waals surface area (Å²) >= 11 is 0. The highest BCUT2D eigenvalue weighted by molar-refractivity contribution is 6.09. The lowest BCUT2D eigenvalue weighted by molar-refractivity contribution is 0.0980. The fourth-order valence-electron chi connectivity index (χ4n) is 3.44. The minimum Gasteiger partial charge on any atom is -0.350 e. The zero-order chi connectivity index (χ0) is 18.8. The number of rotatable bonds is 4. The van der Waals surface area contributed by atoms with Crippen LogP contribution in [-0.2, 0) is 6.54 Å². The van der Waals surface area contributed by atoms with Crippen LogP contribution in [0, 0.1) is 13.8 Å². The first-order valence-electron chi connectivity index (χ1n) is 9.13. The van der Waals surface area contributed by atoms with Crippen LogP contribution in [0.25, 0.3) is 10.9 Å². The maximum Gasteiger partial charge on any atom is 0.275 e. The summed E-state index contributed by atoms with van der Waals surface area (Å²) in [7, 11) is 0. The van der Waals surface area contributed by atoms with E-state index in [4.69, 9.17) is 0 Å². The summed E-state index contributed by atoms with van der Waals surface area (Å²) < 4.78 is 0. The van der Waals surface area contributed by atoms with Crippen molar-refractivity contribution >= 4 is 22.5 Å². The van der Waals surface area contributed by atoms with Crippen molar-refractivity contribution in [2.45, 2.75) is 20.4 Å². The van der Waals surface area contributed by atoms with Gasteiger partial charge in [0.25, 0.3) is 5.91 Å². The molecule has 3 aromatic carbocycles. The lowest BCUT2D eigenvalue weighted by Gasteiger charge is -2.23. The van der Waals surface area contributed by atoms with E-state index in [1.165, 1.54) is 5.56 Å². The van der Waals surface area contributed by atoms with Crippen LogP contribution in [0.2, 0.25) is 0 Å². The quantitative estimate of drug-likeness (QED) is 0.506.